The molecule has 0 aromatic carbocycles. The smallest absolute Gasteiger partial charge is 0.150 e. The maximum atomic E-state index is 11.1. The van der Waals surface area contributed by atoms with Crippen molar-refractivity contribution in [1.29, 1.82) is 0 Å². The van der Waals surface area contributed by atoms with Crippen molar-refractivity contribution >= 4 is 22.2 Å². The highest BCUT2D eigenvalue weighted by molar-refractivity contribution is 9.10. The van der Waals surface area contributed by atoms with Crippen LogP contribution in [-0.4, -0.2) is 6.29 Å². The molecule has 88 valence electrons. The molecule has 0 aromatic heterocycles. The van der Waals surface area contributed by atoms with Gasteiger partial charge in [-0.25, -0.2) is 0 Å². The van der Waals surface area contributed by atoms with Crippen molar-refractivity contribution < 1.29 is 4.79 Å². The van der Waals surface area contributed by atoms with Crippen LogP contribution in [0.4, 0.5) is 0 Å². The summed E-state index contributed by atoms with van der Waals surface area (Å²) in [6, 6.07) is 8.29. The zero-order valence-corrected chi connectivity index (χ0v) is 11.8. The molecule has 0 saturated carbocycles. The number of fused-ring (bicyclic) bond motifs is 1. The topological polar surface area (TPSA) is 17.1 Å². The predicted molar refractivity (Wildman–Crippen MR) is 75.0 cm³/mol. The van der Waals surface area contributed by atoms with Gasteiger partial charge in [-0.15, -0.1) is 0 Å². The lowest BCUT2D eigenvalue weighted by atomic mass is 10.0. The van der Waals surface area contributed by atoms with E-state index in [0.717, 1.165) is 27.4 Å². The average Bonchev–Trinajstić information content (AvgIpc) is 2.47. The molecule has 0 unspecified atom stereocenters. The van der Waals surface area contributed by atoms with Crippen molar-refractivity contribution in [3.05, 3.63) is 45.4 Å². The van der Waals surface area contributed by atoms with Crippen LogP contribution in [0.15, 0.2) is 28.7 Å². The van der Waals surface area contributed by atoms with E-state index in [0.29, 0.717) is 5.92 Å². The van der Waals surface area contributed by atoms with E-state index in [2.05, 4.69) is 54.9 Å². The lowest BCUT2D eigenvalue weighted by Crippen LogP contribution is -1.85. The molecule has 2 heteroatoms. The Labute approximate surface area is 110 Å². The van der Waals surface area contributed by atoms with Crippen LogP contribution in [0, 0.1) is 6.92 Å². The van der Waals surface area contributed by atoms with Crippen molar-refractivity contribution in [3.8, 4) is 11.1 Å². The lowest BCUT2D eigenvalue weighted by molar-refractivity contribution is 0.112. The van der Waals surface area contributed by atoms with E-state index in [9.17, 15) is 4.79 Å². The molecule has 0 fully saturated rings. The highest BCUT2D eigenvalue weighted by Gasteiger charge is 2.16. The zero-order valence-electron chi connectivity index (χ0n) is 10.3. The number of hydrogen-bond donors (Lipinski definition) is 0. The fourth-order valence-electron chi connectivity index (χ4n) is 2.09. The molecule has 2 rings (SSSR count). The van der Waals surface area contributed by atoms with Crippen LogP contribution >= 0.6 is 15.9 Å². The summed E-state index contributed by atoms with van der Waals surface area (Å²) in [4.78, 5) is 11.1. The molecule has 0 radical (unpaired) electrons. The summed E-state index contributed by atoms with van der Waals surface area (Å²) >= 11 is 3.53. The summed E-state index contributed by atoms with van der Waals surface area (Å²) < 4.78 is 0.998. The SMILES string of the molecule is Cc1ccc(C(C)C)cc2c(C=O)cc(Br)c1-2. The van der Waals surface area contributed by atoms with Crippen molar-refractivity contribution in [2.24, 2.45) is 0 Å². The Kier molecular flexibility index (Phi) is 3.34. The first-order valence-corrected chi connectivity index (χ1v) is 6.52. The highest BCUT2D eigenvalue weighted by atomic mass is 79.9. The summed E-state index contributed by atoms with van der Waals surface area (Å²) in [5, 5.41) is 0. The Bertz CT molecular complexity index is 543. The lowest BCUT2D eigenvalue weighted by Gasteiger charge is -2.03. The van der Waals surface area contributed by atoms with Gasteiger partial charge in [-0.1, -0.05) is 48.0 Å². The Morgan fingerprint density at radius 1 is 1.24 bits per heavy atom. The van der Waals surface area contributed by atoms with Crippen LogP contribution in [0.25, 0.3) is 11.1 Å². The minimum Gasteiger partial charge on any atom is -0.298 e. The van der Waals surface area contributed by atoms with Gasteiger partial charge >= 0.3 is 0 Å². The van der Waals surface area contributed by atoms with Gasteiger partial charge in [0.15, 0.2) is 6.29 Å². The average molecular weight is 291 g/mol. The standard InChI is InChI=1S/C15H15BrO/c1-9(2)11-5-4-10(3)15-13(6-11)12(8-17)7-14(15)16/h4-9H,1-3H3. The van der Waals surface area contributed by atoms with Gasteiger partial charge in [-0.05, 0) is 41.2 Å². The second-order valence-electron chi connectivity index (χ2n) is 4.67. The summed E-state index contributed by atoms with van der Waals surface area (Å²) in [6.45, 7) is 6.40. The molecule has 17 heavy (non-hydrogen) atoms. The molecular weight excluding hydrogens is 276 g/mol. The maximum Gasteiger partial charge on any atom is 0.150 e. The first-order chi connectivity index (χ1) is 8.04. The van der Waals surface area contributed by atoms with Gasteiger partial charge in [0.2, 0.25) is 0 Å². The van der Waals surface area contributed by atoms with Gasteiger partial charge < -0.3 is 0 Å². The molecule has 0 spiro atoms. The van der Waals surface area contributed by atoms with E-state index in [1.165, 1.54) is 11.1 Å². The van der Waals surface area contributed by atoms with E-state index in [4.69, 9.17) is 0 Å². The normalized spacial score (nSPS) is 11.1. The van der Waals surface area contributed by atoms with Gasteiger partial charge in [0.05, 0.1) is 0 Å². The highest BCUT2D eigenvalue weighted by Crippen LogP contribution is 2.38. The predicted octanol–water partition coefficient (Wildman–Crippen LogP) is 4.80. The third-order valence-corrected chi connectivity index (χ3v) is 3.75. The quantitative estimate of drug-likeness (QED) is 0.726. The fourth-order valence-corrected chi connectivity index (χ4v) is 2.86. The minimum atomic E-state index is 0.457. The van der Waals surface area contributed by atoms with Gasteiger partial charge in [-0.2, -0.15) is 0 Å². The van der Waals surface area contributed by atoms with Crippen LogP contribution in [0.2, 0.25) is 0 Å². The van der Waals surface area contributed by atoms with Crippen molar-refractivity contribution in [3.63, 3.8) is 0 Å². The molecule has 0 bridgehead atoms. The zero-order chi connectivity index (χ0) is 12.6. The molecule has 0 N–H and O–H groups in total. The molecule has 2 aliphatic rings. The van der Waals surface area contributed by atoms with Crippen molar-refractivity contribution in [2.75, 3.05) is 0 Å². The van der Waals surface area contributed by atoms with Crippen molar-refractivity contribution in [1.82, 2.24) is 0 Å². The third kappa shape index (κ3) is 2.14. The second kappa shape index (κ2) is 4.61. The van der Waals surface area contributed by atoms with Gasteiger partial charge in [0.1, 0.15) is 0 Å². The molecule has 0 atom stereocenters. The molecule has 2 aliphatic carbocycles. The summed E-state index contributed by atoms with van der Waals surface area (Å²) in [7, 11) is 0. The number of carbonyl (C=O) groups is 1. The Morgan fingerprint density at radius 2 is 1.94 bits per heavy atom. The Morgan fingerprint density at radius 3 is 2.53 bits per heavy atom. The van der Waals surface area contributed by atoms with Crippen LogP contribution in [0.3, 0.4) is 0 Å². The van der Waals surface area contributed by atoms with Crippen LogP contribution < -0.4 is 0 Å². The van der Waals surface area contributed by atoms with E-state index in [-0.39, 0.29) is 0 Å². The largest absolute Gasteiger partial charge is 0.298 e. The third-order valence-electron chi connectivity index (χ3n) is 3.13. The maximum absolute atomic E-state index is 11.1. The molecule has 0 heterocycles. The molecule has 1 nitrogen and oxygen atoms in total. The van der Waals surface area contributed by atoms with E-state index < -0.39 is 0 Å². The van der Waals surface area contributed by atoms with Crippen LogP contribution in [-0.2, 0) is 0 Å². The number of halogens is 1. The number of carbonyl (C=O) groups excluding carboxylic acids is 1. The van der Waals surface area contributed by atoms with E-state index in [1.807, 2.05) is 6.07 Å². The van der Waals surface area contributed by atoms with Gasteiger partial charge in [-0.3, -0.25) is 4.79 Å². The summed E-state index contributed by atoms with van der Waals surface area (Å²) in [6.07, 6.45) is 0.927. The van der Waals surface area contributed by atoms with Crippen LogP contribution in [0.1, 0.15) is 41.3 Å². The Hall–Kier alpha value is -1.15. The fraction of sp³-hybridized carbons (Fsp3) is 0.267. The summed E-state index contributed by atoms with van der Waals surface area (Å²) in [5.74, 6) is 0.457. The number of aryl methyl sites for hydroxylation is 1. The number of hydrogen-bond acceptors (Lipinski definition) is 1. The van der Waals surface area contributed by atoms with E-state index in [1.54, 1.807) is 0 Å². The van der Waals surface area contributed by atoms with Crippen LogP contribution in [0.5, 0.6) is 0 Å². The Balaban J connectivity index is 2.80. The van der Waals surface area contributed by atoms with Gasteiger partial charge in [0, 0.05) is 10.0 Å². The molecular formula is C15H15BrO. The second-order valence-corrected chi connectivity index (χ2v) is 5.52. The monoisotopic (exact) mass is 290 g/mol. The molecule has 0 aromatic rings. The number of rotatable bonds is 2. The van der Waals surface area contributed by atoms with Crippen molar-refractivity contribution in [2.45, 2.75) is 26.7 Å². The van der Waals surface area contributed by atoms with E-state index >= 15 is 0 Å². The first-order valence-electron chi connectivity index (χ1n) is 5.72. The summed E-state index contributed by atoms with van der Waals surface area (Å²) in [5.41, 5.74) is 5.38. The number of aldehydes is 1. The first kappa shape index (κ1) is 12.3. The molecule has 0 amide bonds. The molecule has 0 aliphatic heterocycles. The van der Waals surface area contributed by atoms with Gasteiger partial charge in [0.25, 0.3) is 0 Å². The minimum absolute atomic E-state index is 0.457. The molecule has 0 saturated heterocycles.